The van der Waals surface area contributed by atoms with Gasteiger partial charge in [-0.3, -0.25) is 0 Å². The van der Waals surface area contributed by atoms with Crippen LogP contribution in [0.5, 0.6) is 5.75 Å². The Morgan fingerprint density at radius 2 is 2.19 bits per heavy atom. The van der Waals surface area contributed by atoms with E-state index in [0.717, 1.165) is 29.5 Å². The number of hydrogen-bond donors (Lipinski definition) is 1. The Labute approximate surface area is 96.5 Å². The fourth-order valence-corrected chi connectivity index (χ4v) is 1.72. The van der Waals surface area contributed by atoms with Gasteiger partial charge in [-0.1, -0.05) is 18.9 Å². The maximum atomic E-state index is 5.69. The highest BCUT2D eigenvalue weighted by atomic mass is 16.5. The minimum Gasteiger partial charge on any atom is -0.496 e. The number of nitrogen functional groups attached to an aromatic ring is 1. The van der Waals surface area contributed by atoms with Crippen molar-refractivity contribution in [2.45, 2.75) is 25.9 Å². The molecule has 1 aliphatic rings. The van der Waals surface area contributed by atoms with Gasteiger partial charge in [0, 0.05) is 23.9 Å². The smallest absolute Gasteiger partial charge is 0.126 e. The molecular formula is C13H19NO2. The molecule has 0 bridgehead atoms. The Balaban J connectivity index is 1.82. The molecule has 3 nitrogen and oxygen atoms in total. The summed E-state index contributed by atoms with van der Waals surface area (Å²) in [7, 11) is 1.66. The molecule has 1 aliphatic carbocycles. The van der Waals surface area contributed by atoms with Gasteiger partial charge in [0.15, 0.2) is 0 Å². The molecule has 0 spiro atoms. The molecule has 1 aromatic carbocycles. The minimum absolute atomic E-state index is 0.607. The molecule has 88 valence electrons. The highest BCUT2D eigenvalue weighted by Gasteiger charge is 2.20. The molecule has 0 aromatic heterocycles. The van der Waals surface area contributed by atoms with Crippen LogP contribution in [0.4, 0.5) is 5.69 Å². The standard InChI is InChI=1S/C13H19NO2/c1-15-13-8-12(14)5-4-11(13)9-16-7-6-10-2-3-10/h4-5,8,10H,2-3,6-7,9,14H2,1H3. The summed E-state index contributed by atoms with van der Waals surface area (Å²) < 4.78 is 10.9. The van der Waals surface area contributed by atoms with Gasteiger partial charge in [-0.25, -0.2) is 0 Å². The molecule has 1 saturated carbocycles. The fourth-order valence-electron chi connectivity index (χ4n) is 1.72. The maximum Gasteiger partial charge on any atom is 0.126 e. The number of benzene rings is 1. The number of rotatable bonds is 6. The fraction of sp³-hybridized carbons (Fsp3) is 0.538. The van der Waals surface area contributed by atoms with Crippen LogP contribution in [0.1, 0.15) is 24.8 Å². The summed E-state index contributed by atoms with van der Waals surface area (Å²) in [6.07, 6.45) is 3.96. The highest BCUT2D eigenvalue weighted by molar-refractivity contribution is 5.48. The van der Waals surface area contributed by atoms with E-state index in [2.05, 4.69) is 0 Å². The Kier molecular flexibility index (Phi) is 3.67. The predicted molar refractivity (Wildman–Crippen MR) is 64.4 cm³/mol. The Hall–Kier alpha value is -1.22. The lowest BCUT2D eigenvalue weighted by atomic mass is 10.2. The molecule has 0 saturated heterocycles. The van der Waals surface area contributed by atoms with Gasteiger partial charge in [-0.15, -0.1) is 0 Å². The summed E-state index contributed by atoms with van der Waals surface area (Å²) in [5.74, 6) is 1.74. The SMILES string of the molecule is COc1cc(N)ccc1COCCC1CC1. The van der Waals surface area contributed by atoms with Crippen molar-refractivity contribution in [3.63, 3.8) is 0 Å². The topological polar surface area (TPSA) is 44.5 Å². The minimum atomic E-state index is 0.607. The largest absolute Gasteiger partial charge is 0.496 e. The molecule has 0 radical (unpaired) electrons. The van der Waals surface area contributed by atoms with Gasteiger partial charge >= 0.3 is 0 Å². The predicted octanol–water partition coefficient (Wildman–Crippen LogP) is 2.59. The van der Waals surface area contributed by atoms with Crippen molar-refractivity contribution in [2.24, 2.45) is 5.92 Å². The molecule has 3 heteroatoms. The van der Waals surface area contributed by atoms with Gasteiger partial charge in [-0.2, -0.15) is 0 Å². The Morgan fingerprint density at radius 1 is 1.38 bits per heavy atom. The van der Waals surface area contributed by atoms with Crippen LogP contribution in [0.3, 0.4) is 0 Å². The number of hydrogen-bond acceptors (Lipinski definition) is 3. The molecule has 0 atom stereocenters. The van der Waals surface area contributed by atoms with E-state index in [0.29, 0.717) is 6.61 Å². The summed E-state index contributed by atoms with van der Waals surface area (Å²) in [4.78, 5) is 0. The van der Waals surface area contributed by atoms with Crippen molar-refractivity contribution in [1.29, 1.82) is 0 Å². The van der Waals surface area contributed by atoms with Gasteiger partial charge in [0.2, 0.25) is 0 Å². The van der Waals surface area contributed by atoms with E-state index in [-0.39, 0.29) is 0 Å². The van der Waals surface area contributed by atoms with Crippen molar-refractivity contribution in [2.75, 3.05) is 19.5 Å². The second-order valence-electron chi connectivity index (χ2n) is 4.36. The second-order valence-corrected chi connectivity index (χ2v) is 4.36. The first kappa shape index (κ1) is 11.3. The van der Waals surface area contributed by atoms with E-state index in [1.165, 1.54) is 19.3 Å². The Morgan fingerprint density at radius 3 is 2.88 bits per heavy atom. The second kappa shape index (κ2) is 5.21. The first-order chi connectivity index (χ1) is 7.79. The lowest BCUT2D eigenvalue weighted by molar-refractivity contribution is 0.113. The molecule has 0 unspecified atom stereocenters. The van der Waals surface area contributed by atoms with E-state index in [4.69, 9.17) is 15.2 Å². The maximum absolute atomic E-state index is 5.69. The van der Waals surface area contributed by atoms with E-state index < -0.39 is 0 Å². The molecule has 16 heavy (non-hydrogen) atoms. The summed E-state index contributed by atoms with van der Waals surface area (Å²) >= 11 is 0. The molecule has 1 fully saturated rings. The van der Waals surface area contributed by atoms with Gasteiger partial charge in [0.1, 0.15) is 5.75 Å². The third-order valence-electron chi connectivity index (χ3n) is 2.94. The zero-order valence-electron chi connectivity index (χ0n) is 9.74. The number of methoxy groups -OCH3 is 1. The normalized spacial score (nSPS) is 15.1. The number of nitrogens with two attached hydrogens (primary N) is 1. The summed E-state index contributed by atoms with van der Waals surface area (Å²) in [6.45, 7) is 1.45. The van der Waals surface area contributed by atoms with Gasteiger partial charge in [-0.05, 0) is 18.4 Å². The van der Waals surface area contributed by atoms with Crippen molar-refractivity contribution in [1.82, 2.24) is 0 Å². The van der Waals surface area contributed by atoms with Gasteiger partial charge in [0.25, 0.3) is 0 Å². The monoisotopic (exact) mass is 221 g/mol. The van der Waals surface area contributed by atoms with E-state index in [1.54, 1.807) is 7.11 Å². The number of anilines is 1. The average Bonchev–Trinajstić information content (AvgIpc) is 3.09. The quantitative estimate of drug-likeness (QED) is 0.593. The van der Waals surface area contributed by atoms with Gasteiger partial charge < -0.3 is 15.2 Å². The van der Waals surface area contributed by atoms with Crippen molar-refractivity contribution in [3.05, 3.63) is 23.8 Å². The van der Waals surface area contributed by atoms with E-state index in [1.807, 2.05) is 18.2 Å². The lowest BCUT2D eigenvalue weighted by Gasteiger charge is -2.09. The average molecular weight is 221 g/mol. The summed E-state index contributed by atoms with van der Waals surface area (Å²) in [6, 6.07) is 5.67. The zero-order chi connectivity index (χ0) is 11.4. The molecule has 1 aromatic rings. The van der Waals surface area contributed by atoms with Crippen LogP contribution in [0.2, 0.25) is 0 Å². The van der Waals surface area contributed by atoms with Gasteiger partial charge in [0.05, 0.1) is 13.7 Å². The third kappa shape index (κ3) is 3.14. The van der Waals surface area contributed by atoms with Crippen LogP contribution in [-0.4, -0.2) is 13.7 Å². The summed E-state index contributed by atoms with van der Waals surface area (Å²) in [5.41, 5.74) is 7.47. The first-order valence-corrected chi connectivity index (χ1v) is 5.79. The van der Waals surface area contributed by atoms with Crippen molar-refractivity contribution >= 4 is 5.69 Å². The van der Waals surface area contributed by atoms with Crippen molar-refractivity contribution < 1.29 is 9.47 Å². The van der Waals surface area contributed by atoms with Crippen LogP contribution in [0, 0.1) is 5.92 Å². The molecule has 0 aliphatic heterocycles. The highest BCUT2D eigenvalue weighted by Crippen LogP contribution is 2.32. The van der Waals surface area contributed by atoms with Crippen LogP contribution in [0.15, 0.2) is 18.2 Å². The Bertz CT molecular complexity index is 348. The molecule has 2 N–H and O–H groups in total. The molecule has 0 heterocycles. The molecular weight excluding hydrogens is 202 g/mol. The summed E-state index contributed by atoms with van der Waals surface area (Å²) in [5, 5.41) is 0. The molecule has 2 rings (SSSR count). The van der Waals surface area contributed by atoms with Crippen LogP contribution in [-0.2, 0) is 11.3 Å². The molecule has 0 amide bonds. The van der Waals surface area contributed by atoms with E-state index in [9.17, 15) is 0 Å². The van der Waals surface area contributed by atoms with Crippen molar-refractivity contribution in [3.8, 4) is 5.75 Å². The number of ether oxygens (including phenoxy) is 2. The van der Waals surface area contributed by atoms with Crippen LogP contribution < -0.4 is 10.5 Å². The van der Waals surface area contributed by atoms with Crippen LogP contribution in [0.25, 0.3) is 0 Å². The third-order valence-corrected chi connectivity index (χ3v) is 2.94. The lowest BCUT2D eigenvalue weighted by Crippen LogP contribution is -1.99. The van der Waals surface area contributed by atoms with E-state index >= 15 is 0 Å². The van der Waals surface area contributed by atoms with Crippen LogP contribution >= 0.6 is 0 Å². The first-order valence-electron chi connectivity index (χ1n) is 5.79. The zero-order valence-corrected chi connectivity index (χ0v) is 9.74.